The number of rotatable bonds is 3. The van der Waals surface area contributed by atoms with Gasteiger partial charge in [-0.3, -0.25) is 4.79 Å². The van der Waals surface area contributed by atoms with E-state index in [9.17, 15) is 18.0 Å². The lowest BCUT2D eigenvalue weighted by molar-refractivity contribution is -0.137. The first-order valence-corrected chi connectivity index (χ1v) is 6.89. The zero-order valence-corrected chi connectivity index (χ0v) is 12.4. The number of hydrogen-bond acceptors (Lipinski definition) is 1. The SMILES string of the molecule is CC(NC(=O)c1cccc(C(F)(F)F)c1)c1ccc(Cl)cc1. The lowest BCUT2D eigenvalue weighted by Gasteiger charge is -2.15. The number of nitrogens with one attached hydrogen (secondary N) is 1. The molecule has 1 N–H and O–H groups in total. The van der Waals surface area contributed by atoms with Gasteiger partial charge in [-0.25, -0.2) is 0 Å². The van der Waals surface area contributed by atoms with Crippen LogP contribution in [-0.4, -0.2) is 5.91 Å². The second-order valence-corrected chi connectivity index (χ2v) is 5.26. The summed E-state index contributed by atoms with van der Waals surface area (Å²) in [5, 5.41) is 3.23. The summed E-state index contributed by atoms with van der Waals surface area (Å²) in [6.45, 7) is 1.74. The molecular weight excluding hydrogens is 315 g/mol. The third-order valence-electron chi connectivity index (χ3n) is 3.17. The van der Waals surface area contributed by atoms with Crippen molar-refractivity contribution >= 4 is 17.5 Å². The molecule has 1 atom stereocenters. The van der Waals surface area contributed by atoms with Crippen LogP contribution in [0.5, 0.6) is 0 Å². The second-order valence-electron chi connectivity index (χ2n) is 4.83. The van der Waals surface area contributed by atoms with E-state index in [2.05, 4.69) is 5.32 Å². The minimum absolute atomic E-state index is 0.0318. The lowest BCUT2D eigenvalue weighted by Crippen LogP contribution is -2.26. The molecule has 0 heterocycles. The Kier molecular flexibility index (Phi) is 4.76. The third-order valence-corrected chi connectivity index (χ3v) is 3.42. The predicted molar refractivity (Wildman–Crippen MR) is 78.8 cm³/mol. The summed E-state index contributed by atoms with van der Waals surface area (Å²) in [7, 11) is 0. The van der Waals surface area contributed by atoms with Crippen molar-refractivity contribution in [2.45, 2.75) is 19.1 Å². The molecule has 0 bridgehead atoms. The third kappa shape index (κ3) is 4.01. The molecule has 22 heavy (non-hydrogen) atoms. The Hall–Kier alpha value is -2.01. The molecule has 2 nitrogen and oxygen atoms in total. The van der Waals surface area contributed by atoms with Crippen LogP contribution in [0.4, 0.5) is 13.2 Å². The Balaban J connectivity index is 2.13. The minimum atomic E-state index is -4.47. The molecule has 2 aromatic rings. The molecule has 0 aliphatic heterocycles. The molecule has 2 aromatic carbocycles. The van der Waals surface area contributed by atoms with Gasteiger partial charge in [0.1, 0.15) is 0 Å². The second kappa shape index (κ2) is 6.40. The lowest BCUT2D eigenvalue weighted by atomic mass is 10.1. The summed E-state index contributed by atoms with van der Waals surface area (Å²) < 4.78 is 38.0. The fourth-order valence-electron chi connectivity index (χ4n) is 1.95. The van der Waals surface area contributed by atoms with Crippen LogP contribution in [0.2, 0.25) is 5.02 Å². The molecule has 0 aromatic heterocycles. The maximum absolute atomic E-state index is 12.7. The van der Waals surface area contributed by atoms with E-state index < -0.39 is 17.6 Å². The average Bonchev–Trinajstić information content (AvgIpc) is 2.47. The molecule has 0 aliphatic carbocycles. The van der Waals surface area contributed by atoms with Gasteiger partial charge < -0.3 is 5.32 Å². The van der Waals surface area contributed by atoms with Crippen molar-refractivity contribution in [1.82, 2.24) is 5.32 Å². The maximum Gasteiger partial charge on any atom is 0.416 e. The van der Waals surface area contributed by atoms with Gasteiger partial charge in [-0.05, 0) is 42.8 Å². The van der Waals surface area contributed by atoms with E-state index in [1.165, 1.54) is 12.1 Å². The van der Waals surface area contributed by atoms with Gasteiger partial charge in [0.05, 0.1) is 11.6 Å². The van der Waals surface area contributed by atoms with Gasteiger partial charge in [0.2, 0.25) is 0 Å². The van der Waals surface area contributed by atoms with Gasteiger partial charge in [0.15, 0.2) is 0 Å². The quantitative estimate of drug-likeness (QED) is 0.858. The van der Waals surface area contributed by atoms with Crippen LogP contribution in [0, 0.1) is 0 Å². The molecule has 6 heteroatoms. The summed E-state index contributed by atoms with van der Waals surface area (Å²) in [6.07, 6.45) is -4.47. The predicted octanol–water partition coefficient (Wildman–Crippen LogP) is 4.85. The van der Waals surface area contributed by atoms with Crippen molar-refractivity contribution in [3.63, 3.8) is 0 Å². The molecule has 0 saturated carbocycles. The molecule has 116 valence electrons. The molecule has 0 aliphatic rings. The number of hydrogen-bond donors (Lipinski definition) is 1. The van der Waals surface area contributed by atoms with Crippen molar-refractivity contribution in [2.75, 3.05) is 0 Å². The number of benzene rings is 2. The van der Waals surface area contributed by atoms with Crippen LogP contribution in [-0.2, 0) is 6.18 Å². The topological polar surface area (TPSA) is 29.1 Å². The molecular formula is C16H13ClF3NO. The van der Waals surface area contributed by atoms with Gasteiger partial charge in [-0.1, -0.05) is 29.8 Å². The highest BCUT2D eigenvalue weighted by atomic mass is 35.5. The first kappa shape index (κ1) is 16.4. The number of carbonyl (C=O) groups excluding carboxylic acids is 1. The molecule has 2 rings (SSSR count). The number of alkyl halides is 3. The first-order valence-electron chi connectivity index (χ1n) is 6.51. The smallest absolute Gasteiger partial charge is 0.346 e. The Labute approximate surface area is 130 Å². The molecule has 1 amide bonds. The Morgan fingerprint density at radius 1 is 1.14 bits per heavy atom. The average molecular weight is 328 g/mol. The maximum atomic E-state index is 12.7. The minimum Gasteiger partial charge on any atom is -0.346 e. The summed E-state index contributed by atoms with van der Waals surface area (Å²) in [5.74, 6) is -0.562. The van der Waals surface area contributed by atoms with E-state index in [-0.39, 0.29) is 11.6 Å². The standard InChI is InChI=1S/C16H13ClF3NO/c1-10(11-5-7-14(17)8-6-11)21-15(22)12-3-2-4-13(9-12)16(18,19)20/h2-10H,1H3,(H,21,22). The Bertz CT molecular complexity index is 668. The largest absolute Gasteiger partial charge is 0.416 e. The molecule has 1 unspecified atom stereocenters. The zero-order valence-electron chi connectivity index (χ0n) is 11.6. The Morgan fingerprint density at radius 3 is 2.36 bits per heavy atom. The monoisotopic (exact) mass is 327 g/mol. The summed E-state index contributed by atoms with van der Waals surface area (Å²) in [6, 6.07) is 10.8. The van der Waals surface area contributed by atoms with E-state index in [0.717, 1.165) is 17.7 Å². The highest BCUT2D eigenvalue weighted by Gasteiger charge is 2.30. The van der Waals surface area contributed by atoms with Crippen molar-refractivity contribution < 1.29 is 18.0 Å². The van der Waals surface area contributed by atoms with Crippen molar-refractivity contribution in [2.24, 2.45) is 0 Å². The van der Waals surface area contributed by atoms with E-state index in [0.29, 0.717) is 5.02 Å². The van der Waals surface area contributed by atoms with E-state index in [4.69, 9.17) is 11.6 Å². The van der Waals surface area contributed by atoms with Crippen LogP contribution < -0.4 is 5.32 Å². The van der Waals surface area contributed by atoms with Crippen LogP contribution in [0.25, 0.3) is 0 Å². The highest BCUT2D eigenvalue weighted by molar-refractivity contribution is 6.30. The van der Waals surface area contributed by atoms with Gasteiger partial charge in [-0.15, -0.1) is 0 Å². The van der Waals surface area contributed by atoms with Crippen molar-refractivity contribution in [3.05, 3.63) is 70.2 Å². The zero-order chi connectivity index (χ0) is 16.3. The molecule has 0 saturated heterocycles. The fourth-order valence-corrected chi connectivity index (χ4v) is 2.08. The highest BCUT2D eigenvalue weighted by Crippen LogP contribution is 2.29. The van der Waals surface area contributed by atoms with E-state index >= 15 is 0 Å². The molecule has 0 radical (unpaired) electrons. The summed E-state index contributed by atoms with van der Waals surface area (Å²) >= 11 is 5.78. The fraction of sp³-hybridized carbons (Fsp3) is 0.188. The summed E-state index contributed by atoms with van der Waals surface area (Å²) in [5.41, 5.74) is -0.0698. The summed E-state index contributed by atoms with van der Waals surface area (Å²) in [4.78, 5) is 12.1. The molecule has 0 spiro atoms. The number of amides is 1. The Morgan fingerprint density at radius 2 is 1.77 bits per heavy atom. The van der Waals surface area contributed by atoms with E-state index in [1.807, 2.05) is 0 Å². The van der Waals surface area contributed by atoms with Gasteiger partial charge in [-0.2, -0.15) is 13.2 Å². The van der Waals surface area contributed by atoms with Gasteiger partial charge >= 0.3 is 6.18 Å². The van der Waals surface area contributed by atoms with Crippen molar-refractivity contribution in [1.29, 1.82) is 0 Å². The normalized spacial score (nSPS) is 12.8. The van der Waals surface area contributed by atoms with Crippen molar-refractivity contribution in [3.8, 4) is 0 Å². The molecule has 0 fully saturated rings. The number of carbonyl (C=O) groups is 1. The van der Waals surface area contributed by atoms with Gasteiger partial charge in [0, 0.05) is 10.6 Å². The van der Waals surface area contributed by atoms with Gasteiger partial charge in [0.25, 0.3) is 5.91 Å². The van der Waals surface area contributed by atoms with Crippen LogP contribution in [0.15, 0.2) is 48.5 Å². The van der Waals surface area contributed by atoms with Crippen LogP contribution in [0.3, 0.4) is 0 Å². The van der Waals surface area contributed by atoms with Crippen LogP contribution >= 0.6 is 11.6 Å². The number of halogens is 4. The van der Waals surface area contributed by atoms with E-state index in [1.54, 1.807) is 31.2 Å². The first-order chi connectivity index (χ1) is 10.3. The van der Waals surface area contributed by atoms with Crippen LogP contribution in [0.1, 0.15) is 34.5 Å².